The molecule has 5 heteroatoms. The van der Waals surface area contributed by atoms with Crippen molar-refractivity contribution in [2.75, 3.05) is 31.4 Å². The van der Waals surface area contributed by atoms with Gasteiger partial charge in [0, 0.05) is 18.7 Å². The van der Waals surface area contributed by atoms with Gasteiger partial charge in [-0.1, -0.05) is 0 Å². The van der Waals surface area contributed by atoms with Crippen LogP contribution in [0.1, 0.15) is 13.3 Å². The summed E-state index contributed by atoms with van der Waals surface area (Å²) in [6, 6.07) is 2.84. The highest BCUT2D eigenvalue weighted by atomic mass is 19.1. The van der Waals surface area contributed by atoms with Crippen LogP contribution in [-0.2, 0) is 4.74 Å². The third-order valence-electron chi connectivity index (χ3n) is 2.98. The van der Waals surface area contributed by atoms with E-state index in [2.05, 4.69) is 12.2 Å². The van der Waals surface area contributed by atoms with Gasteiger partial charge in [0.2, 0.25) is 0 Å². The lowest BCUT2D eigenvalue weighted by Crippen LogP contribution is -2.35. The number of methoxy groups -OCH3 is 1. The molecule has 0 spiro atoms. The molecule has 1 aromatic rings. The van der Waals surface area contributed by atoms with Crippen molar-refractivity contribution in [2.24, 2.45) is 0 Å². The Morgan fingerprint density at radius 3 is 2.88 bits per heavy atom. The first-order valence-electron chi connectivity index (χ1n) is 5.53. The fraction of sp³-hybridized carbons (Fsp3) is 0.500. The van der Waals surface area contributed by atoms with Crippen molar-refractivity contribution in [1.29, 1.82) is 0 Å². The normalized spacial score (nSPS) is 23.7. The van der Waals surface area contributed by atoms with E-state index < -0.39 is 5.82 Å². The molecule has 0 saturated carbocycles. The Hall–Kier alpha value is -1.49. The van der Waals surface area contributed by atoms with Gasteiger partial charge >= 0.3 is 0 Å². The molecule has 1 saturated heterocycles. The third-order valence-corrected chi connectivity index (χ3v) is 2.98. The van der Waals surface area contributed by atoms with Crippen LogP contribution in [0.15, 0.2) is 12.1 Å². The Morgan fingerprint density at radius 2 is 2.29 bits per heavy atom. The Labute approximate surface area is 99.9 Å². The largest absolute Gasteiger partial charge is 0.494 e. The molecule has 1 atom stereocenters. The summed E-state index contributed by atoms with van der Waals surface area (Å²) in [6.45, 7) is 3.39. The highest BCUT2D eigenvalue weighted by Gasteiger charge is 2.30. The average Bonchev–Trinajstić information content (AvgIpc) is 2.69. The Morgan fingerprint density at radius 1 is 1.53 bits per heavy atom. The van der Waals surface area contributed by atoms with Gasteiger partial charge in [0.05, 0.1) is 30.6 Å². The van der Waals surface area contributed by atoms with Crippen LogP contribution < -0.4 is 15.8 Å². The standard InChI is InChI=1S/C12H17FN2O2/c1-12(3-4-17-7-12)15-10-6-11(16-2)8(13)5-9(10)14/h5-6,15H,3-4,7,14H2,1-2H3. The van der Waals surface area contributed by atoms with E-state index in [1.807, 2.05) is 0 Å². The minimum absolute atomic E-state index is 0.156. The molecule has 1 aliphatic heterocycles. The Bertz CT molecular complexity index is 417. The molecule has 4 nitrogen and oxygen atoms in total. The predicted molar refractivity (Wildman–Crippen MR) is 64.8 cm³/mol. The highest BCUT2D eigenvalue weighted by molar-refractivity contribution is 5.69. The maximum Gasteiger partial charge on any atom is 0.167 e. The van der Waals surface area contributed by atoms with Gasteiger partial charge in [-0.05, 0) is 13.3 Å². The summed E-state index contributed by atoms with van der Waals surface area (Å²) in [5.74, 6) is -0.271. The average molecular weight is 240 g/mol. The van der Waals surface area contributed by atoms with E-state index in [1.165, 1.54) is 13.2 Å². The first-order chi connectivity index (χ1) is 8.04. The first kappa shape index (κ1) is 12.0. The van der Waals surface area contributed by atoms with Crippen molar-refractivity contribution in [2.45, 2.75) is 18.9 Å². The van der Waals surface area contributed by atoms with Crippen LogP contribution in [0.3, 0.4) is 0 Å². The van der Waals surface area contributed by atoms with Crippen molar-refractivity contribution in [3.8, 4) is 5.75 Å². The van der Waals surface area contributed by atoms with Gasteiger partial charge in [-0.2, -0.15) is 0 Å². The summed E-state index contributed by atoms with van der Waals surface area (Å²) in [7, 11) is 1.43. The van der Waals surface area contributed by atoms with Crippen LogP contribution in [-0.4, -0.2) is 25.9 Å². The molecule has 94 valence electrons. The number of ether oxygens (including phenoxy) is 2. The number of nitrogens with two attached hydrogens (primary N) is 1. The van der Waals surface area contributed by atoms with Gasteiger partial charge in [0.25, 0.3) is 0 Å². The zero-order valence-electron chi connectivity index (χ0n) is 10.0. The number of nitrogen functional groups attached to an aromatic ring is 1. The highest BCUT2D eigenvalue weighted by Crippen LogP contribution is 2.32. The van der Waals surface area contributed by atoms with Crippen molar-refractivity contribution < 1.29 is 13.9 Å². The third kappa shape index (κ3) is 2.44. The van der Waals surface area contributed by atoms with E-state index in [9.17, 15) is 4.39 Å². The molecule has 0 radical (unpaired) electrons. The van der Waals surface area contributed by atoms with Crippen LogP contribution in [0.5, 0.6) is 5.75 Å². The molecule has 1 heterocycles. The lowest BCUT2D eigenvalue weighted by Gasteiger charge is -2.26. The number of benzene rings is 1. The molecule has 1 aliphatic rings. The molecule has 0 aliphatic carbocycles. The number of anilines is 2. The molecule has 1 unspecified atom stereocenters. The van der Waals surface area contributed by atoms with Crippen molar-refractivity contribution in [3.05, 3.63) is 17.9 Å². The second-order valence-electron chi connectivity index (χ2n) is 4.56. The van der Waals surface area contributed by atoms with Crippen LogP contribution in [0, 0.1) is 5.82 Å². The van der Waals surface area contributed by atoms with Crippen LogP contribution in [0.4, 0.5) is 15.8 Å². The van der Waals surface area contributed by atoms with Gasteiger partial charge in [-0.15, -0.1) is 0 Å². The van der Waals surface area contributed by atoms with E-state index in [0.29, 0.717) is 18.0 Å². The van der Waals surface area contributed by atoms with Crippen LogP contribution in [0.2, 0.25) is 0 Å². The first-order valence-corrected chi connectivity index (χ1v) is 5.53. The number of nitrogens with one attached hydrogen (secondary N) is 1. The molecule has 0 bridgehead atoms. The Balaban J connectivity index is 2.26. The summed E-state index contributed by atoms with van der Waals surface area (Å²) in [5, 5.41) is 3.29. The summed E-state index contributed by atoms with van der Waals surface area (Å²) in [6.07, 6.45) is 0.895. The Kier molecular flexibility index (Phi) is 3.11. The SMILES string of the molecule is COc1cc(NC2(C)CCOC2)c(N)cc1F. The topological polar surface area (TPSA) is 56.5 Å². The quantitative estimate of drug-likeness (QED) is 0.793. The second kappa shape index (κ2) is 4.41. The monoisotopic (exact) mass is 240 g/mol. The van der Waals surface area contributed by atoms with Crippen molar-refractivity contribution >= 4 is 11.4 Å². The molecular weight excluding hydrogens is 223 g/mol. The molecule has 1 aromatic carbocycles. The molecule has 0 aromatic heterocycles. The molecule has 2 rings (SSSR count). The fourth-order valence-corrected chi connectivity index (χ4v) is 1.92. The number of hydrogen-bond acceptors (Lipinski definition) is 4. The molecule has 17 heavy (non-hydrogen) atoms. The summed E-state index contributed by atoms with van der Waals surface area (Å²) in [4.78, 5) is 0. The predicted octanol–water partition coefficient (Wildman–Crippen LogP) is 2.01. The zero-order chi connectivity index (χ0) is 12.5. The van der Waals surface area contributed by atoms with E-state index >= 15 is 0 Å². The van der Waals surface area contributed by atoms with Crippen molar-refractivity contribution in [3.63, 3.8) is 0 Å². The van der Waals surface area contributed by atoms with Gasteiger partial charge in [-0.3, -0.25) is 0 Å². The van der Waals surface area contributed by atoms with Crippen LogP contribution >= 0.6 is 0 Å². The second-order valence-corrected chi connectivity index (χ2v) is 4.56. The van der Waals surface area contributed by atoms with Gasteiger partial charge < -0.3 is 20.5 Å². The summed E-state index contributed by atoms with van der Waals surface area (Å²) >= 11 is 0. The van der Waals surface area contributed by atoms with Crippen LogP contribution in [0.25, 0.3) is 0 Å². The number of rotatable bonds is 3. The fourth-order valence-electron chi connectivity index (χ4n) is 1.92. The lowest BCUT2D eigenvalue weighted by atomic mass is 10.0. The van der Waals surface area contributed by atoms with E-state index in [1.54, 1.807) is 6.07 Å². The van der Waals surface area contributed by atoms with E-state index in [0.717, 1.165) is 13.0 Å². The minimum atomic E-state index is -0.455. The summed E-state index contributed by atoms with van der Waals surface area (Å²) < 4.78 is 23.7. The van der Waals surface area contributed by atoms with E-state index in [-0.39, 0.29) is 11.3 Å². The molecule has 0 amide bonds. The number of halogens is 1. The number of hydrogen-bond donors (Lipinski definition) is 2. The van der Waals surface area contributed by atoms with E-state index in [4.69, 9.17) is 15.2 Å². The van der Waals surface area contributed by atoms with Gasteiger partial charge in [0.15, 0.2) is 11.6 Å². The molecule has 1 fully saturated rings. The smallest absolute Gasteiger partial charge is 0.167 e. The lowest BCUT2D eigenvalue weighted by molar-refractivity contribution is 0.185. The summed E-state index contributed by atoms with van der Waals surface area (Å²) in [5.41, 5.74) is 6.68. The molecule has 3 N–H and O–H groups in total. The van der Waals surface area contributed by atoms with Gasteiger partial charge in [0.1, 0.15) is 0 Å². The maximum atomic E-state index is 13.4. The zero-order valence-corrected chi connectivity index (χ0v) is 10.0. The van der Waals surface area contributed by atoms with Crippen molar-refractivity contribution in [1.82, 2.24) is 0 Å². The molecular formula is C12H17FN2O2. The van der Waals surface area contributed by atoms with Gasteiger partial charge in [-0.25, -0.2) is 4.39 Å². The minimum Gasteiger partial charge on any atom is -0.494 e. The maximum absolute atomic E-state index is 13.4.